The van der Waals surface area contributed by atoms with Gasteiger partial charge in [0.15, 0.2) is 0 Å². The molecule has 3 nitrogen and oxygen atoms in total. The second-order valence-corrected chi connectivity index (χ2v) is 6.69. The number of fused-ring (bicyclic) bond motifs is 1. The van der Waals surface area contributed by atoms with E-state index in [1.807, 2.05) is 24.3 Å². The number of unbranched alkanes of at least 4 members (excludes halogenated alkanes) is 1. The zero-order chi connectivity index (χ0) is 17.1. The molecule has 1 aromatic heterocycles. The average Bonchev–Trinajstić information content (AvgIpc) is 2.83. The van der Waals surface area contributed by atoms with E-state index in [9.17, 15) is 0 Å². The van der Waals surface area contributed by atoms with Crippen LogP contribution >= 0.6 is 11.6 Å². The van der Waals surface area contributed by atoms with E-state index in [0.29, 0.717) is 11.6 Å². The van der Waals surface area contributed by atoms with E-state index in [1.165, 1.54) is 16.6 Å². The van der Waals surface area contributed by atoms with Crippen LogP contribution in [-0.4, -0.2) is 16.2 Å². The number of hydrogen-bond acceptors (Lipinski definition) is 2. The van der Waals surface area contributed by atoms with Gasteiger partial charge in [0.1, 0.15) is 11.6 Å². The van der Waals surface area contributed by atoms with E-state index in [0.717, 1.165) is 36.5 Å². The maximum atomic E-state index is 5.96. The SMILES string of the molecule is Cc1cc2nc(C)n(CCCCOc3cccc(Cl)c3)c2cc1C. The van der Waals surface area contributed by atoms with Gasteiger partial charge < -0.3 is 9.30 Å². The van der Waals surface area contributed by atoms with Gasteiger partial charge in [-0.3, -0.25) is 0 Å². The molecule has 0 unspecified atom stereocenters. The van der Waals surface area contributed by atoms with E-state index in [1.54, 1.807) is 0 Å². The molecule has 0 amide bonds. The van der Waals surface area contributed by atoms with Gasteiger partial charge in [0.25, 0.3) is 0 Å². The molecule has 0 saturated carbocycles. The highest BCUT2D eigenvalue weighted by Crippen LogP contribution is 2.21. The largest absolute Gasteiger partial charge is 0.494 e. The summed E-state index contributed by atoms with van der Waals surface area (Å²) in [6.07, 6.45) is 2.05. The predicted molar refractivity (Wildman–Crippen MR) is 100 cm³/mol. The first-order valence-electron chi connectivity index (χ1n) is 8.37. The lowest BCUT2D eigenvalue weighted by molar-refractivity contribution is 0.303. The summed E-state index contributed by atoms with van der Waals surface area (Å²) in [5.74, 6) is 1.91. The van der Waals surface area contributed by atoms with E-state index < -0.39 is 0 Å². The van der Waals surface area contributed by atoms with Crippen LogP contribution in [0, 0.1) is 20.8 Å². The summed E-state index contributed by atoms with van der Waals surface area (Å²) in [4.78, 5) is 4.69. The maximum Gasteiger partial charge on any atom is 0.120 e. The molecule has 0 spiro atoms. The number of nitrogens with zero attached hydrogens (tertiary/aromatic N) is 2. The van der Waals surface area contributed by atoms with E-state index in [4.69, 9.17) is 16.3 Å². The summed E-state index contributed by atoms with van der Waals surface area (Å²) >= 11 is 5.96. The average molecular weight is 343 g/mol. The minimum Gasteiger partial charge on any atom is -0.494 e. The molecule has 24 heavy (non-hydrogen) atoms. The Bertz CT molecular complexity index is 854. The fourth-order valence-corrected chi connectivity index (χ4v) is 3.08. The van der Waals surface area contributed by atoms with Crippen molar-refractivity contribution in [3.05, 3.63) is 58.4 Å². The highest BCUT2D eigenvalue weighted by Gasteiger charge is 2.08. The summed E-state index contributed by atoms with van der Waals surface area (Å²) in [7, 11) is 0. The Morgan fingerprint density at radius 2 is 1.83 bits per heavy atom. The Hall–Kier alpha value is -2.00. The standard InChI is InChI=1S/C20H23ClN2O/c1-14-11-19-20(12-15(14)2)23(16(3)22-19)9-4-5-10-24-18-8-6-7-17(21)13-18/h6-8,11-13H,4-5,9-10H2,1-3H3. The summed E-state index contributed by atoms with van der Waals surface area (Å²) in [6, 6.07) is 12.0. The van der Waals surface area contributed by atoms with Crippen LogP contribution < -0.4 is 4.74 Å². The Balaban J connectivity index is 1.58. The number of aryl methyl sites for hydroxylation is 4. The number of rotatable bonds is 6. The van der Waals surface area contributed by atoms with Crippen molar-refractivity contribution in [1.29, 1.82) is 0 Å². The highest BCUT2D eigenvalue weighted by molar-refractivity contribution is 6.30. The first-order chi connectivity index (χ1) is 11.5. The van der Waals surface area contributed by atoms with E-state index in [2.05, 4.69) is 42.5 Å². The third-order valence-electron chi connectivity index (χ3n) is 4.40. The maximum absolute atomic E-state index is 5.96. The zero-order valence-electron chi connectivity index (χ0n) is 14.5. The van der Waals surface area contributed by atoms with Crippen molar-refractivity contribution < 1.29 is 4.74 Å². The van der Waals surface area contributed by atoms with E-state index in [-0.39, 0.29) is 0 Å². The molecule has 3 rings (SSSR count). The fourth-order valence-electron chi connectivity index (χ4n) is 2.90. The third kappa shape index (κ3) is 3.73. The highest BCUT2D eigenvalue weighted by atomic mass is 35.5. The van der Waals surface area contributed by atoms with Crippen LogP contribution in [0.25, 0.3) is 11.0 Å². The molecule has 0 aliphatic carbocycles. The van der Waals surface area contributed by atoms with Crippen LogP contribution in [0.15, 0.2) is 36.4 Å². The number of imidazole rings is 1. The molecule has 2 aromatic carbocycles. The van der Waals surface area contributed by atoms with Crippen molar-refractivity contribution in [2.75, 3.05) is 6.61 Å². The monoisotopic (exact) mass is 342 g/mol. The van der Waals surface area contributed by atoms with Gasteiger partial charge in [0.2, 0.25) is 0 Å². The first-order valence-corrected chi connectivity index (χ1v) is 8.75. The van der Waals surface area contributed by atoms with Crippen molar-refractivity contribution in [3.63, 3.8) is 0 Å². The van der Waals surface area contributed by atoms with Gasteiger partial charge >= 0.3 is 0 Å². The number of hydrogen-bond donors (Lipinski definition) is 0. The van der Waals surface area contributed by atoms with Gasteiger partial charge in [0.05, 0.1) is 17.6 Å². The molecular formula is C20H23ClN2O. The Kier molecular flexibility index (Phi) is 5.10. The van der Waals surface area contributed by atoms with Gasteiger partial charge in [0, 0.05) is 11.6 Å². The lowest BCUT2D eigenvalue weighted by atomic mass is 10.1. The molecular weight excluding hydrogens is 320 g/mol. The molecule has 126 valence electrons. The van der Waals surface area contributed by atoms with Gasteiger partial charge in [-0.05, 0) is 75.1 Å². The zero-order valence-corrected chi connectivity index (χ0v) is 15.2. The van der Waals surface area contributed by atoms with Crippen molar-refractivity contribution in [3.8, 4) is 5.75 Å². The van der Waals surface area contributed by atoms with Gasteiger partial charge in [-0.2, -0.15) is 0 Å². The number of halogens is 1. The quantitative estimate of drug-likeness (QED) is 0.555. The molecule has 0 fully saturated rings. The Morgan fingerprint density at radius 3 is 2.62 bits per heavy atom. The van der Waals surface area contributed by atoms with Crippen molar-refractivity contribution >= 4 is 22.6 Å². The molecule has 0 aliphatic rings. The lowest BCUT2D eigenvalue weighted by Crippen LogP contribution is -2.04. The first kappa shape index (κ1) is 16.8. The Labute approximate surface area is 148 Å². The van der Waals surface area contributed by atoms with Crippen LogP contribution in [0.5, 0.6) is 5.75 Å². The number of aromatic nitrogens is 2. The van der Waals surface area contributed by atoms with Crippen molar-refractivity contribution in [2.45, 2.75) is 40.2 Å². The van der Waals surface area contributed by atoms with Gasteiger partial charge in [-0.1, -0.05) is 17.7 Å². The Morgan fingerprint density at radius 1 is 1.04 bits per heavy atom. The van der Waals surface area contributed by atoms with Crippen LogP contribution in [0.1, 0.15) is 29.8 Å². The topological polar surface area (TPSA) is 27.1 Å². The molecule has 0 aliphatic heterocycles. The minimum atomic E-state index is 0.699. The molecule has 0 bridgehead atoms. The normalized spacial score (nSPS) is 11.2. The van der Waals surface area contributed by atoms with Crippen LogP contribution in [0.2, 0.25) is 5.02 Å². The lowest BCUT2D eigenvalue weighted by Gasteiger charge is -2.09. The van der Waals surface area contributed by atoms with Gasteiger partial charge in [-0.15, -0.1) is 0 Å². The van der Waals surface area contributed by atoms with E-state index >= 15 is 0 Å². The summed E-state index contributed by atoms with van der Waals surface area (Å²) in [5.41, 5.74) is 4.92. The van der Waals surface area contributed by atoms with Crippen molar-refractivity contribution in [2.24, 2.45) is 0 Å². The van der Waals surface area contributed by atoms with Crippen LogP contribution in [0.4, 0.5) is 0 Å². The molecule has 0 radical (unpaired) electrons. The summed E-state index contributed by atoms with van der Waals surface area (Å²) in [6.45, 7) is 8.03. The molecule has 0 atom stereocenters. The molecule has 4 heteroatoms. The van der Waals surface area contributed by atoms with Crippen molar-refractivity contribution in [1.82, 2.24) is 9.55 Å². The molecule has 1 heterocycles. The minimum absolute atomic E-state index is 0.699. The molecule has 0 N–H and O–H groups in total. The van der Waals surface area contributed by atoms with Crippen LogP contribution in [0.3, 0.4) is 0 Å². The molecule has 3 aromatic rings. The third-order valence-corrected chi connectivity index (χ3v) is 4.63. The second kappa shape index (κ2) is 7.27. The number of ether oxygens (including phenoxy) is 1. The summed E-state index contributed by atoms with van der Waals surface area (Å²) in [5, 5.41) is 0.707. The number of benzene rings is 2. The molecule has 0 saturated heterocycles. The summed E-state index contributed by atoms with van der Waals surface area (Å²) < 4.78 is 8.06. The second-order valence-electron chi connectivity index (χ2n) is 6.25. The predicted octanol–water partition coefficient (Wildman–Crippen LogP) is 5.47. The fraction of sp³-hybridized carbons (Fsp3) is 0.350. The van der Waals surface area contributed by atoms with Gasteiger partial charge in [-0.25, -0.2) is 4.98 Å². The van der Waals surface area contributed by atoms with Crippen LogP contribution in [-0.2, 0) is 6.54 Å². The smallest absolute Gasteiger partial charge is 0.120 e.